The predicted octanol–water partition coefficient (Wildman–Crippen LogP) is 2.12. The molecule has 0 bridgehead atoms. The number of carbonyl (C=O) groups excluding carboxylic acids is 2. The molecule has 3 aliphatic heterocycles. The summed E-state index contributed by atoms with van der Waals surface area (Å²) in [4.78, 5) is 26.7. The summed E-state index contributed by atoms with van der Waals surface area (Å²) < 4.78 is 36.6. The van der Waals surface area contributed by atoms with Crippen LogP contribution in [0, 0.1) is 17.3 Å². The van der Waals surface area contributed by atoms with E-state index in [2.05, 4.69) is 0 Å². The van der Waals surface area contributed by atoms with Crippen LogP contribution in [0.2, 0.25) is 0 Å². The maximum Gasteiger partial charge on any atom is 0.308 e. The molecule has 15 atom stereocenters. The number of carbonyl (C=O) groups is 2. The predicted molar refractivity (Wildman–Crippen MR) is 180 cm³/mol. The van der Waals surface area contributed by atoms with Crippen LogP contribution in [0.15, 0.2) is 24.3 Å². The van der Waals surface area contributed by atoms with Crippen LogP contribution in [0.4, 0.5) is 0 Å². The highest BCUT2D eigenvalue weighted by Gasteiger charge is 2.51. The number of aliphatic hydroxyl groups excluding tert-OH is 4. The first kappa shape index (κ1) is 41.6. The molecule has 0 aromatic carbocycles. The van der Waals surface area contributed by atoms with Crippen LogP contribution < -0.4 is 0 Å². The van der Waals surface area contributed by atoms with Crippen molar-refractivity contribution >= 4 is 12.3 Å². The fourth-order valence-electron chi connectivity index (χ4n) is 7.26. The molecule has 0 aromatic heterocycles. The van der Waals surface area contributed by atoms with Gasteiger partial charge in [-0.25, -0.2) is 0 Å². The number of ether oxygens (including phenoxy) is 6. The van der Waals surface area contributed by atoms with Crippen molar-refractivity contribution < 1.29 is 58.4 Å². The highest BCUT2D eigenvalue weighted by molar-refractivity contribution is 5.70. The fourth-order valence-corrected chi connectivity index (χ4v) is 7.26. The summed E-state index contributed by atoms with van der Waals surface area (Å²) in [5, 5.41) is 44.8. The second-order valence-electron chi connectivity index (χ2n) is 15.0. The second-order valence-corrected chi connectivity index (χ2v) is 15.0. The van der Waals surface area contributed by atoms with E-state index in [9.17, 15) is 30.0 Å². The highest BCUT2D eigenvalue weighted by Crippen LogP contribution is 2.39. The first-order valence-corrected chi connectivity index (χ1v) is 17.5. The topological polar surface area (TPSA) is 174 Å². The van der Waals surface area contributed by atoms with Crippen LogP contribution in [-0.2, 0) is 38.0 Å². The van der Waals surface area contributed by atoms with Gasteiger partial charge in [-0.3, -0.25) is 4.79 Å². The summed E-state index contributed by atoms with van der Waals surface area (Å²) in [5.41, 5.74) is -0.464. The molecule has 2 fully saturated rings. The molecule has 282 valence electrons. The molecule has 0 aliphatic carbocycles. The lowest BCUT2D eigenvalue weighted by molar-refractivity contribution is -0.340. The van der Waals surface area contributed by atoms with E-state index in [1.165, 1.54) is 7.11 Å². The Morgan fingerprint density at radius 3 is 2.29 bits per heavy atom. The van der Waals surface area contributed by atoms with E-state index in [0.717, 1.165) is 6.29 Å². The number of methoxy groups -OCH3 is 1. The molecule has 3 aliphatic rings. The summed E-state index contributed by atoms with van der Waals surface area (Å²) >= 11 is 0. The number of esters is 1. The molecular weight excluding hydrogens is 638 g/mol. The number of hydrogen-bond acceptors (Lipinski definition) is 13. The van der Waals surface area contributed by atoms with Crippen molar-refractivity contribution in [1.29, 1.82) is 0 Å². The number of aliphatic hydroxyl groups is 4. The molecule has 0 amide bonds. The number of nitrogens with zero attached hydrogens (tertiary/aromatic N) is 1. The summed E-state index contributed by atoms with van der Waals surface area (Å²) in [7, 11) is 4.98. The van der Waals surface area contributed by atoms with Crippen molar-refractivity contribution in [3.63, 3.8) is 0 Å². The minimum Gasteiger partial charge on any atom is -0.462 e. The van der Waals surface area contributed by atoms with E-state index >= 15 is 0 Å². The summed E-state index contributed by atoms with van der Waals surface area (Å²) in [6, 6.07) is -0.639. The maximum absolute atomic E-state index is 12.8. The van der Waals surface area contributed by atoms with Gasteiger partial charge in [0.25, 0.3) is 0 Å². The zero-order valence-electron chi connectivity index (χ0n) is 30.6. The highest BCUT2D eigenvalue weighted by atomic mass is 16.7. The van der Waals surface area contributed by atoms with Gasteiger partial charge in [-0.1, -0.05) is 45.1 Å². The van der Waals surface area contributed by atoms with E-state index in [0.29, 0.717) is 12.8 Å². The Morgan fingerprint density at radius 2 is 1.67 bits per heavy atom. The van der Waals surface area contributed by atoms with Gasteiger partial charge in [0.2, 0.25) is 0 Å². The monoisotopic (exact) mass is 699 g/mol. The van der Waals surface area contributed by atoms with Crippen LogP contribution >= 0.6 is 0 Å². The molecule has 0 saturated carbocycles. The zero-order chi connectivity index (χ0) is 36.6. The molecule has 0 radical (unpaired) electrons. The third-order valence-corrected chi connectivity index (χ3v) is 10.1. The summed E-state index contributed by atoms with van der Waals surface area (Å²) in [5.74, 6) is -1.58. The van der Waals surface area contributed by atoms with Crippen molar-refractivity contribution in [3.8, 4) is 0 Å². The van der Waals surface area contributed by atoms with Crippen LogP contribution in [0.25, 0.3) is 0 Å². The van der Waals surface area contributed by atoms with Gasteiger partial charge in [0.15, 0.2) is 12.6 Å². The molecule has 49 heavy (non-hydrogen) atoms. The molecule has 0 aromatic rings. The molecule has 0 unspecified atom stereocenters. The zero-order valence-corrected chi connectivity index (χ0v) is 30.6. The Morgan fingerprint density at radius 1 is 0.980 bits per heavy atom. The lowest BCUT2D eigenvalue weighted by Crippen LogP contribution is -2.65. The van der Waals surface area contributed by atoms with Crippen molar-refractivity contribution in [2.75, 3.05) is 21.2 Å². The minimum absolute atomic E-state index is 0.0144. The Balaban J connectivity index is 1.94. The number of cyclic esters (lactones) is 1. The molecule has 4 N–H and O–H groups in total. The number of allylic oxidation sites excluding steroid dienone is 2. The lowest BCUT2D eigenvalue weighted by atomic mass is 9.78. The Labute approximate surface area is 291 Å². The SMILES string of the molecule is CO[C@@H]1[C@@H](O[C@@H]2O[C@H](C)[C@@H](O[C@@H]3CC(C)(C)[C@H](O)[C@H](C)O3)[C@H](N(C)C)[C@H]2O)[C@H](CC=O)C[C@@H](C)[C@@H](O)/C=C\C=C/C[C@@H](C)OC(=O)C[C@H]1O. The van der Waals surface area contributed by atoms with Gasteiger partial charge in [-0.2, -0.15) is 0 Å². The first-order chi connectivity index (χ1) is 23.0. The average Bonchev–Trinajstić information content (AvgIpc) is 3.00. The number of rotatable bonds is 8. The molecule has 13 nitrogen and oxygen atoms in total. The Bertz CT molecular complexity index is 1100. The number of hydrogen-bond donors (Lipinski definition) is 4. The van der Waals surface area contributed by atoms with Crippen molar-refractivity contribution in [3.05, 3.63) is 24.3 Å². The fraction of sp³-hybridized carbons (Fsp3) is 0.833. The van der Waals surface area contributed by atoms with E-state index < -0.39 is 103 Å². The molecule has 0 spiro atoms. The number of aldehydes is 1. The van der Waals surface area contributed by atoms with Crippen LogP contribution in [0.3, 0.4) is 0 Å². The first-order valence-electron chi connectivity index (χ1n) is 17.5. The van der Waals surface area contributed by atoms with Crippen molar-refractivity contribution in [2.45, 2.75) is 153 Å². The third-order valence-electron chi connectivity index (χ3n) is 10.1. The quantitative estimate of drug-likeness (QED) is 0.215. The van der Waals surface area contributed by atoms with Crippen molar-refractivity contribution in [2.24, 2.45) is 17.3 Å². The Hall–Kier alpha value is -1.78. The van der Waals surface area contributed by atoms with Gasteiger partial charge in [0.05, 0.1) is 49.1 Å². The molecule has 13 heteroatoms. The van der Waals surface area contributed by atoms with E-state index in [4.69, 9.17) is 28.4 Å². The molecule has 3 rings (SSSR count). The molecular formula is C36H61NO12. The lowest BCUT2D eigenvalue weighted by Gasteiger charge is -2.50. The molecule has 3 heterocycles. The second kappa shape index (κ2) is 18.6. The van der Waals surface area contributed by atoms with Gasteiger partial charge >= 0.3 is 5.97 Å². The number of likely N-dealkylation sites (N-methyl/N-ethyl adjacent to an activating group) is 1. The Kier molecular flexibility index (Phi) is 15.8. The smallest absolute Gasteiger partial charge is 0.308 e. The van der Waals surface area contributed by atoms with Gasteiger partial charge in [0.1, 0.15) is 30.7 Å². The normalized spacial score (nSPS) is 44.2. The molecule has 2 saturated heterocycles. The largest absolute Gasteiger partial charge is 0.462 e. The van der Waals surface area contributed by atoms with Crippen LogP contribution in [0.5, 0.6) is 0 Å². The van der Waals surface area contributed by atoms with Crippen LogP contribution in [-0.4, -0.2) is 138 Å². The standard InChI is InChI=1S/C36H61NO12/c1-20-17-24(15-16-38)32(33(44-9)26(40)18-27(41)45-21(2)13-11-10-12-14-25(20)39)49-35-30(42)29(37(7)8)31(22(3)47-35)48-28-19-36(5,6)34(43)23(4)46-28/h10-12,14,16,20-26,28-35,39-40,42-43H,13,15,17-19H2,1-9H3/b11-10-,14-12-/t20-,21-,22-,23+,24-,25+,26-,28-,29-,30-,31-,32+,33+,34-,35+/m1/s1. The average molecular weight is 700 g/mol. The van der Waals surface area contributed by atoms with E-state index in [1.54, 1.807) is 53.1 Å². The summed E-state index contributed by atoms with van der Waals surface area (Å²) in [6.45, 7) is 11.1. The van der Waals surface area contributed by atoms with Gasteiger partial charge < -0.3 is 58.5 Å². The summed E-state index contributed by atoms with van der Waals surface area (Å²) in [6.07, 6.45) is -2.04. The minimum atomic E-state index is -1.39. The van der Waals surface area contributed by atoms with E-state index in [1.807, 2.05) is 31.7 Å². The van der Waals surface area contributed by atoms with Gasteiger partial charge in [0, 0.05) is 26.4 Å². The van der Waals surface area contributed by atoms with Crippen LogP contribution in [0.1, 0.15) is 73.6 Å². The van der Waals surface area contributed by atoms with Gasteiger partial charge in [-0.15, -0.1) is 0 Å². The maximum atomic E-state index is 12.8. The van der Waals surface area contributed by atoms with Crippen molar-refractivity contribution in [1.82, 2.24) is 4.90 Å². The third kappa shape index (κ3) is 11.1. The van der Waals surface area contributed by atoms with E-state index in [-0.39, 0.29) is 18.8 Å². The van der Waals surface area contributed by atoms with Gasteiger partial charge in [-0.05, 0) is 58.5 Å².